The SMILES string of the molecule is CCC(C)C(NC(=O)OC(C)(C)C)C(=O)N(C(C)CCC(C)C)C(C(=O)NC(C)C)c1c(C)cccc1C. The number of carbonyl (C=O) groups is 3. The molecule has 7 heteroatoms. The van der Waals surface area contributed by atoms with Gasteiger partial charge in [-0.25, -0.2) is 4.79 Å². The molecule has 0 bridgehead atoms. The minimum atomic E-state index is -0.838. The van der Waals surface area contributed by atoms with Crippen LogP contribution >= 0.6 is 0 Å². The maximum atomic E-state index is 14.5. The van der Waals surface area contributed by atoms with E-state index in [1.165, 1.54) is 0 Å². The Hall–Kier alpha value is -2.57. The lowest BCUT2D eigenvalue weighted by Crippen LogP contribution is -2.58. The third kappa shape index (κ3) is 9.95. The number of nitrogens with zero attached hydrogens (tertiary/aromatic N) is 1. The second-order valence-electron chi connectivity index (χ2n) is 12.4. The largest absolute Gasteiger partial charge is 0.444 e. The summed E-state index contributed by atoms with van der Waals surface area (Å²) in [5.74, 6) is -0.209. The second kappa shape index (κ2) is 14.5. The standard InChI is InChI=1S/C31H53N3O4/c1-13-21(6)26(33-30(37)38-31(10,11)12)29(36)34(24(9)18-17-19(2)3)27(28(35)32-20(4)5)25-22(7)15-14-16-23(25)8/h14-16,19-21,24,26-27H,13,17-18H2,1-12H3,(H,32,35)(H,33,37). The van der Waals surface area contributed by atoms with Gasteiger partial charge in [-0.15, -0.1) is 0 Å². The lowest BCUT2D eigenvalue weighted by Gasteiger charge is -2.41. The molecule has 0 spiro atoms. The van der Waals surface area contributed by atoms with Crippen molar-refractivity contribution >= 4 is 17.9 Å². The van der Waals surface area contributed by atoms with Crippen LogP contribution < -0.4 is 10.6 Å². The predicted molar refractivity (Wildman–Crippen MR) is 155 cm³/mol. The fourth-order valence-corrected chi connectivity index (χ4v) is 4.61. The molecule has 0 aliphatic carbocycles. The highest BCUT2D eigenvalue weighted by molar-refractivity contribution is 5.93. The quantitative estimate of drug-likeness (QED) is 0.324. The number of ether oxygens (including phenoxy) is 1. The Labute approximate surface area is 231 Å². The number of benzene rings is 1. The molecule has 4 unspecified atom stereocenters. The van der Waals surface area contributed by atoms with Crippen LogP contribution in [-0.4, -0.2) is 46.5 Å². The molecule has 0 aromatic heterocycles. The fourth-order valence-electron chi connectivity index (χ4n) is 4.61. The molecule has 0 aliphatic rings. The van der Waals surface area contributed by atoms with E-state index < -0.39 is 23.8 Å². The van der Waals surface area contributed by atoms with Crippen molar-refractivity contribution in [3.05, 3.63) is 34.9 Å². The molecule has 0 saturated carbocycles. The summed E-state index contributed by atoms with van der Waals surface area (Å²) >= 11 is 0. The molecule has 0 radical (unpaired) electrons. The molecule has 4 atom stereocenters. The van der Waals surface area contributed by atoms with E-state index in [0.29, 0.717) is 12.3 Å². The summed E-state index contributed by atoms with van der Waals surface area (Å²) in [5, 5.41) is 5.92. The van der Waals surface area contributed by atoms with Crippen molar-refractivity contribution in [2.75, 3.05) is 0 Å². The van der Waals surface area contributed by atoms with E-state index in [2.05, 4.69) is 24.5 Å². The van der Waals surface area contributed by atoms with E-state index in [0.717, 1.165) is 29.5 Å². The average molecular weight is 532 g/mol. The first-order valence-corrected chi connectivity index (χ1v) is 14.2. The fraction of sp³-hybridized carbons (Fsp3) is 0.710. The highest BCUT2D eigenvalue weighted by Gasteiger charge is 2.41. The van der Waals surface area contributed by atoms with Gasteiger partial charge in [0, 0.05) is 12.1 Å². The van der Waals surface area contributed by atoms with E-state index in [9.17, 15) is 14.4 Å². The van der Waals surface area contributed by atoms with Crippen LogP contribution in [0.5, 0.6) is 0 Å². The normalized spacial score (nSPS) is 15.0. The van der Waals surface area contributed by atoms with Crippen LogP contribution in [0, 0.1) is 25.7 Å². The maximum Gasteiger partial charge on any atom is 0.408 e. The molecule has 0 fully saturated rings. The summed E-state index contributed by atoms with van der Waals surface area (Å²) in [6.07, 6.45) is 1.68. The molecule has 1 aromatic rings. The van der Waals surface area contributed by atoms with Crippen molar-refractivity contribution < 1.29 is 19.1 Å². The Balaban J connectivity index is 3.75. The first kappa shape index (κ1) is 33.5. The molecular weight excluding hydrogens is 478 g/mol. The summed E-state index contributed by atoms with van der Waals surface area (Å²) in [4.78, 5) is 43.0. The number of hydrogen-bond donors (Lipinski definition) is 2. The van der Waals surface area contributed by atoms with Gasteiger partial charge in [0.2, 0.25) is 11.8 Å². The minimum absolute atomic E-state index is 0.0949. The van der Waals surface area contributed by atoms with Crippen molar-refractivity contribution in [1.29, 1.82) is 0 Å². The summed E-state index contributed by atoms with van der Waals surface area (Å²) in [5.41, 5.74) is 2.02. The molecule has 38 heavy (non-hydrogen) atoms. The summed E-state index contributed by atoms with van der Waals surface area (Å²) in [6.45, 7) is 23.4. The lowest BCUT2D eigenvalue weighted by molar-refractivity contribution is -0.146. The Kier molecular flexibility index (Phi) is 12.8. The van der Waals surface area contributed by atoms with Gasteiger partial charge in [0.15, 0.2) is 0 Å². The zero-order valence-electron chi connectivity index (χ0n) is 25.9. The number of amides is 3. The van der Waals surface area contributed by atoms with Gasteiger partial charge in [0.1, 0.15) is 17.7 Å². The van der Waals surface area contributed by atoms with Crippen LogP contribution in [0.1, 0.15) is 111 Å². The smallest absolute Gasteiger partial charge is 0.408 e. The monoisotopic (exact) mass is 531 g/mol. The number of alkyl carbamates (subject to hydrolysis) is 1. The number of aryl methyl sites for hydroxylation is 2. The Morgan fingerprint density at radius 2 is 1.47 bits per heavy atom. The Morgan fingerprint density at radius 1 is 0.921 bits per heavy atom. The van der Waals surface area contributed by atoms with Crippen molar-refractivity contribution in [1.82, 2.24) is 15.5 Å². The van der Waals surface area contributed by atoms with Crippen LogP contribution in [0.25, 0.3) is 0 Å². The van der Waals surface area contributed by atoms with Gasteiger partial charge in [0.05, 0.1) is 0 Å². The van der Waals surface area contributed by atoms with Gasteiger partial charge in [0.25, 0.3) is 0 Å². The number of carbonyl (C=O) groups excluding carboxylic acids is 3. The van der Waals surface area contributed by atoms with Gasteiger partial charge in [-0.2, -0.15) is 0 Å². The van der Waals surface area contributed by atoms with Gasteiger partial charge >= 0.3 is 6.09 Å². The number of nitrogens with one attached hydrogen (secondary N) is 2. The second-order valence-corrected chi connectivity index (χ2v) is 12.4. The van der Waals surface area contributed by atoms with Crippen LogP contribution in [-0.2, 0) is 14.3 Å². The van der Waals surface area contributed by atoms with Crippen molar-refractivity contribution in [3.63, 3.8) is 0 Å². The van der Waals surface area contributed by atoms with Crippen LogP contribution in [0.3, 0.4) is 0 Å². The molecule has 0 heterocycles. The van der Waals surface area contributed by atoms with Crippen LogP contribution in [0.15, 0.2) is 18.2 Å². The molecule has 0 saturated heterocycles. The zero-order chi connectivity index (χ0) is 29.4. The zero-order valence-corrected chi connectivity index (χ0v) is 25.9. The summed E-state index contributed by atoms with van der Waals surface area (Å²) in [6, 6.07) is 3.91. The first-order chi connectivity index (χ1) is 17.5. The first-order valence-electron chi connectivity index (χ1n) is 14.2. The van der Waals surface area contributed by atoms with Gasteiger partial charge in [-0.05, 0) is 96.8 Å². The molecule has 1 aromatic carbocycles. The molecular formula is C31H53N3O4. The van der Waals surface area contributed by atoms with Gasteiger partial charge in [-0.3, -0.25) is 9.59 Å². The van der Waals surface area contributed by atoms with Gasteiger partial charge in [-0.1, -0.05) is 52.3 Å². The van der Waals surface area contributed by atoms with Gasteiger partial charge < -0.3 is 20.3 Å². The molecule has 7 nitrogen and oxygen atoms in total. The van der Waals surface area contributed by atoms with E-state index in [1.54, 1.807) is 25.7 Å². The molecule has 216 valence electrons. The summed E-state index contributed by atoms with van der Waals surface area (Å²) < 4.78 is 5.52. The van der Waals surface area contributed by atoms with E-state index in [-0.39, 0.29) is 29.8 Å². The number of rotatable bonds is 12. The Morgan fingerprint density at radius 3 is 1.92 bits per heavy atom. The predicted octanol–water partition coefficient (Wildman–Crippen LogP) is 6.46. The molecule has 3 amide bonds. The highest BCUT2D eigenvalue weighted by atomic mass is 16.6. The third-order valence-corrected chi connectivity index (χ3v) is 6.82. The van der Waals surface area contributed by atoms with Crippen molar-refractivity contribution in [3.8, 4) is 0 Å². The topological polar surface area (TPSA) is 87.7 Å². The minimum Gasteiger partial charge on any atom is -0.444 e. The lowest BCUT2D eigenvalue weighted by atomic mass is 9.90. The molecule has 1 rings (SSSR count). The van der Waals surface area contributed by atoms with Crippen molar-refractivity contribution in [2.45, 2.75) is 132 Å². The van der Waals surface area contributed by atoms with E-state index >= 15 is 0 Å². The number of hydrogen-bond acceptors (Lipinski definition) is 4. The molecule has 0 aliphatic heterocycles. The van der Waals surface area contributed by atoms with Crippen LogP contribution in [0.4, 0.5) is 4.79 Å². The summed E-state index contributed by atoms with van der Waals surface area (Å²) in [7, 11) is 0. The van der Waals surface area contributed by atoms with Crippen molar-refractivity contribution in [2.24, 2.45) is 11.8 Å². The highest BCUT2D eigenvalue weighted by Crippen LogP contribution is 2.32. The average Bonchev–Trinajstić information content (AvgIpc) is 2.77. The molecule has 2 N–H and O–H groups in total. The Bertz CT molecular complexity index is 915. The van der Waals surface area contributed by atoms with E-state index in [1.807, 2.05) is 66.7 Å². The third-order valence-electron chi connectivity index (χ3n) is 6.82. The van der Waals surface area contributed by atoms with Crippen LogP contribution in [0.2, 0.25) is 0 Å². The maximum absolute atomic E-state index is 14.5. The van der Waals surface area contributed by atoms with E-state index in [4.69, 9.17) is 4.74 Å².